The highest BCUT2D eigenvalue weighted by atomic mass is 32.1. The fourth-order valence-electron chi connectivity index (χ4n) is 2.39. The minimum absolute atomic E-state index is 0.405. The van der Waals surface area contributed by atoms with Crippen LogP contribution in [0.25, 0.3) is 0 Å². The number of hydrogen-bond donors (Lipinski definition) is 1. The van der Waals surface area contributed by atoms with Gasteiger partial charge in [-0.3, -0.25) is 0 Å². The lowest BCUT2D eigenvalue weighted by Gasteiger charge is -2.24. The normalized spacial score (nSPS) is 28.1. The summed E-state index contributed by atoms with van der Waals surface area (Å²) in [6, 6.07) is 4.90. The number of ether oxygens (including phenoxy) is 1. The molecule has 0 saturated carbocycles. The standard InChI is InChI=1S/C12H19NOS/c1-9-11(5-6-14-9)12(13-2)8-10-4-3-7-15-10/h3-4,7,9,11-13H,5-6,8H2,1-2H3. The van der Waals surface area contributed by atoms with Crippen molar-refractivity contribution >= 4 is 11.3 Å². The third kappa shape index (κ3) is 2.60. The summed E-state index contributed by atoms with van der Waals surface area (Å²) >= 11 is 1.85. The molecule has 0 aliphatic carbocycles. The summed E-state index contributed by atoms with van der Waals surface area (Å²) in [5, 5.41) is 5.59. The molecule has 2 rings (SSSR count). The van der Waals surface area contributed by atoms with Crippen LogP contribution >= 0.6 is 11.3 Å². The van der Waals surface area contributed by atoms with Gasteiger partial charge >= 0.3 is 0 Å². The highest BCUT2D eigenvalue weighted by Crippen LogP contribution is 2.26. The highest BCUT2D eigenvalue weighted by molar-refractivity contribution is 7.09. The third-order valence-corrected chi connectivity index (χ3v) is 4.22. The fraction of sp³-hybridized carbons (Fsp3) is 0.667. The van der Waals surface area contributed by atoms with Gasteiger partial charge in [0.2, 0.25) is 0 Å². The van der Waals surface area contributed by atoms with E-state index in [0.29, 0.717) is 18.1 Å². The van der Waals surface area contributed by atoms with Crippen LogP contribution in [0, 0.1) is 5.92 Å². The smallest absolute Gasteiger partial charge is 0.0590 e. The van der Waals surface area contributed by atoms with Crippen LogP contribution < -0.4 is 5.32 Å². The summed E-state index contributed by atoms with van der Waals surface area (Å²) in [7, 11) is 2.06. The van der Waals surface area contributed by atoms with Gasteiger partial charge in [0.05, 0.1) is 6.10 Å². The molecule has 1 aliphatic rings. The van der Waals surface area contributed by atoms with Crippen LogP contribution in [0.1, 0.15) is 18.2 Å². The molecule has 84 valence electrons. The molecular formula is C12H19NOS. The first kappa shape index (κ1) is 11.1. The van der Waals surface area contributed by atoms with Crippen LogP contribution in [0.4, 0.5) is 0 Å². The predicted octanol–water partition coefficient (Wildman–Crippen LogP) is 2.30. The maximum atomic E-state index is 5.63. The van der Waals surface area contributed by atoms with Crippen LogP contribution in [0.3, 0.4) is 0 Å². The molecule has 0 aromatic carbocycles. The van der Waals surface area contributed by atoms with Crippen molar-refractivity contribution in [3.8, 4) is 0 Å². The summed E-state index contributed by atoms with van der Waals surface area (Å²) in [6.07, 6.45) is 2.73. The Bertz CT molecular complexity index is 286. The molecule has 1 saturated heterocycles. The molecule has 0 bridgehead atoms. The highest BCUT2D eigenvalue weighted by Gasteiger charge is 2.30. The predicted molar refractivity (Wildman–Crippen MR) is 64.4 cm³/mol. The molecule has 2 nitrogen and oxygen atoms in total. The lowest BCUT2D eigenvalue weighted by atomic mass is 9.91. The molecule has 1 N–H and O–H groups in total. The van der Waals surface area contributed by atoms with Gasteiger partial charge in [-0.2, -0.15) is 0 Å². The SMILES string of the molecule is CNC(Cc1cccs1)C1CCOC1C. The van der Waals surface area contributed by atoms with Gasteiger partial charge in [-0.25, -0.2) is 0 Å². The Morgan fingerprint density at radius 1 is 1.67 bits per heavy atom. The van der Waals surface area contributed by atoms with E-state index in [4.69, 9.17) is 4.74 Å². The molecule has 2 heterocycles. The Balaban J connectivity index is 1.97. The number of hydrogen-bond acceptors (Lipinski definition) is 3. The van der Waals surface area contributed by atoms with Crippen LogP contribution in [-0.2, 0) is 11.2 Å². The Hall–Kier alpha value is -0.380. The molecule has 0 radical (unpaired) electrons. The van der Waals surface area contributed by atoms with E-state index in [0.717, 1.165) is 13.0 Å². The summed E-state index contributed by atoms with van der Waals surface area (Å²) in [5.41, 5.74) is 0. The van der Waals surface area contributed by atoms with Gasteiger partial charge in [-0.1, -0.05) is 6.07 Å². The van der Waals surface area contributed by atoms with Gasteiger partial charge in [0.25, 0.3) is 0 Å². The molecule has 1 fully saturated rings. The van der Waals surface area contributed by atoms with Crippen LogP contribution in [0.2, 0.25) is 0 Å². The van der Waals surface area contributed by atoms with Gasteiger partial charge in [0, 0.05) is 23.4 Å². The number of rotatable bonds is 4. The second kappa shape index (κ2) is 5.10. The fourth-order valence-corrected chi connectivity index (χ4v) is 3.15. The summed E-state index contributed by atoms with van der Waals surface area (Å²) in [4.78, 5) is 1.47. The average molecular weight is 225 g/mol. The van der Waals surface area contributed by atoms with Crippen molar-refractivity contribution in [3.05, 3.63) is 22.4 Å². The summed E-state index contributed by atoms with van der Waals surface area (Å²) in [6.45, 7) is 3.12. The zero-order valence-corrected chi connectivity index (χ0v) is 10.2. The largest absolute Gasteiger partial charge is 0.378 e. The van der Waals surface area contributed by atoms with Crippen molar-refractivity contribution < 1.29 is 4.74 Å². The third-order valence-electron chi connectivity index (χ3n) is 3.32. The summed E-state index contributed by atoms with van der Waals surface area (Å²) < 4.78 is 5.63. The monoisotopic (exact) mass is 225 g/mol. The van der Waals surface area contributed by atoms with E-state index in [9.17, 15) is 0 Å². The summed E-state index contributed by atoms with van der Waals surface area (Å²) in [5.74, 6) is 0.664. The van der Waals surface area contributed by atoms with E-state index in [2.05, 4.69) is 36.8 Å². The molecular weight excluding hydrogens is 206 g/mol. The number of thiophene rings is 1. The second-order valence-corrected chi connectivity index (χ2v) is 5.24. The minimum Gasteiger partial charge on any atom is -0.378 e. The maximum absolute atomic E-state index is 5.63. The van der Waals surface area contributed by atoms with Crippen molar-refractivity contribution in [3.63, 3.8) is 0 Å². The van der Waals surface area contributed by atoms with E-state index >= 15 is 0 Å². The van der Waals surface area contributed by atoms with Gasteiger partial charge in [-0.05, 0) is 38.3 Å². The quantitative estimate of drug-likeness (QED) is 0.849. The Morgan fingerprint density at radius 3 is 3.07 bits per heavy atom. The first-order valence-corrected chi connectivity index (χ1v) is 6.50. The molecule has 15 heavy (non-hydrogen) atoms. The molecule has 0 amide bonds. The molecule has 3 heteroatoms. The van der Waals surface area contributed by atoms with Crippen molar-refractivity contribution in [1.82, 2.24) is 5.32 Å². The maximum Gasteiger partial charge on any atom is 0.0590 e. The minimum atomic E-state index is 0.405. The lowest BCUT2D eigenvalue weighted by Crippen LogP contribution is -2.38. The molecule has 3 unspecified atom stereocenters. The zero-order valence-electron chi connectivity index (χ0n) is 9.40. The zero-order chi connectivity index (χ0) is 10.7. The molecule has 0 spiro atoms. The molecule has 3 atom stereocenters. The van der Waals surface area contributed by atoms with Crippen LogP contribution in [0.15, 0.2) is 17.5 Å². The van der Waals surface area contributed by atoms with Gasteiger partial charge in [-0.15, -0.1) is 11.3 Å². The Labute approximate surface area is 95.6 Å². The van der Waals surface area contributed by atoms with Crippen molar-refractivity contribution in [2.45, 2.75) is 31.9 Å². The van der Waals surface area contributed by atoms with E-state index in [1.54, 1.807) is 0 Å². The number of likely N-dealkylation sites (N-methyl/N-ethyl adjacent to an activating group) is 1. The molecule has 1 aromatic heterocycles. The van der Waals surface area contributed by atoms with Gasteiger partial charge in [0.15, 0.2) is 0 Å². The van der Waals surface area contributed by atoms with E-state index < -0.39 is 0 Å². The van der Waals surface area contributed by atoms with E-state index in [-0.39, 0.29) is 0 Å². The topological polar surface area (TPSA) is 21.3 Å². The first-order valence-electron chi connectivity index (χ1n) is 5.62. The number of nitrogens with one attached hydrogen (secondary N) is 1. The van der Waals surface area contributed by atoms with Crippen LogP contribution in [-0.4, -0.2) is 25.8 Å². The van der Waals surface area contributed by atoms with Crippen molar-refractivity contribution in [1.29, 1.82) is 0 Å². The lowest BCUT2D eigenvalue weighted by molar-refractivity contribution is 0.0964. The van der Waals surface area contributed by atoms with E-state index in [1.807, 2.05) is 11.3 Å². The Morgan fingerprint density at radius 2 is 2.53 bits per heavy atom. The molecule has 1 aliphatic heterocycles. The van der Waals surface area contributed by atoms with E-state index in [1.165, 1.54) is 11.3 Å². The van der Waals surface area contributed by atoms with Gasteiger partial charge in [0.1, 0.15) is 0 Å². The Kier molecular flexibility index (Phi) is 3.78. The van der Waals surface area contributed by atoms with Crippen molar-refractivity contribution in [2.24, 2.45) is 5.92 Å². The van der Waals surface area contributed by atoms with Gasteiger partial charge < -0.3 is 10.1 Å². The molecule has 1 aromatic rings. The average Bonchev–Trinajstić information content (AvgIpc) is 2.85. The first-order chi connectivity index (χ1) is 7.31. The van der Waals surface area contributed by atoms with Crippen LogP contribution in [0.5, 0.6) is 0 Å². The second-order valence-electron chi connectivity index (χ2n) is 4.21. The van der Waals surface area contributed by atoms with Crippen molar-refractivity contribution in [2.75, 3.05) is 13.7 Å².